The molecule has 0 aromatic carbocycles. The maximum Gasteiger partial charge on any atom is 0.324 e. The van der Waals surface area contributed by atoms with E-state index in [0.29, 0.717) is 0 Å². The molecule has 0 radical (unpaired) electrons. The number of hydrogen-bond acceptors (Lipinski definition) is 8. The number of amides is 2. The van der Waals surface area contributed by atoms with Gasteiger partial charge in [-0.3, -0.25) is 10.1 Å². The topological polar surface area (TPSA) is 142 Å². The number of sulfone groups is 1. The van der Waals surface area contributed by atoms with Crippen molar-refractivity contribution in [3.8, 4) is 0 Å². The fraction of sp³-hybridized carbons (Fsp3) is 0.625. The molecule has 1 unspecified atom stereocenters. The van der Waals surface area contributed by atoms with E-state index in [-0.39, 0.29) is 23.1 Å². The normalized spacial score (nSPS) is 20.5. The van der Waals surface area contributed by atoms with E-state index in [1.54, 1.807) is 0 Å². The van der Waals surface area contributed by atoms with Crippen molar-refractivity contribution in [1.82, 2.24) is 19.7 Å². The molecule has 20 heavy (non-hydrogen) atoms. The van der Waals surface area contributed by atoms with Gasteiger partial charge in [0, 0.05) is 17.6 Å². The van der Waals surface area contributed by atoms with Gasteiger partial charge in [-0.2, -0.15) is 0 Å². The van der Waals surface area contributed by atoms with E-state index >= 15 is 0 Å². The number of carboxylic acids is 1. The van der Waals surface area contributed by atoms with Crippen LogP contribution in [0.3, 0.4) is 0 Å². The van der Waals surface area contributed by atoms with Crippen molar-refractivity contribution in [3.63, 3.8) is 0 Å². The lowest BCUT2D eigenvalue weighted by molar-refractivity contribution is -0.138. The van der Waals surface area contributed by atoms with Crippen molar-refractivity contribution in [2.75, 3.05) is 23.4 Å². The van der Waals surface area contributed by atoms with Crippen molar-refractivity contribution in [1.29, 1.82) is 0 Å². The Bertz CT molecular complexity index is 601. The molecule has 1 saturated heterocycles. The molecule has 0 spiro atoms. The minimum Gasteiger partial charge on any atom is -0.480 e. The van der Waals surface area contributed by atoms with Crippen molar-refractivity contribution in [2.45, 2.75) is 12.5 Å². The molecule has 1 aromatic rings. The van der Waals surface area contributed by atoms with Crippen molar-refractivity contribution >= 4 is 38.5 Å². The van der Waals surface area contributed by atoms with E-state index in [9.17, 15) is 18.0 Å². The van der Waals surface area contributed by atoms with E-state index in [1.807, 2.05) is 0 Å². The highest BCUT2D eigenvalue weighted by molar-refractivity contribution is 7.91. The Morgan fingerprint density at radius 3 is 2.75 bits per heavy atom. The van der Waals surface area contributed by atoms with E-state index in [4.69, 9.17) is 5.11 Å². The zero-order valence-electron chi connectivity index (χ0n) is 10.1. The Morgan fingerprint density at radius 1 is 1.50 bits per heavy atom. The summed E-state index contributed by atoms with van der Waals surface area (Å²) in [6, 6.07) is -1.38. The first-order valence-corrected chi connectivity index (χ1v) is 8.12. The third kappa shape index (κ3) is 3.60. The first-order chi connectivity index (χ1) is 9.37. The molecular formula is C8H11N5O5S2. The van der Waals surface area contributed by atoms with Crippen LogP contribution >= 0.6 is 11.5 Å². The van der Waals surface area contributed by atoms with Gasteiger partial charge in [0.25, 0.3) is 0 Å². The Hall–Kier alpha value is -1.82. The molecule has 2 N–H and O–H groups in total. The van der Waals surface area contributed by atoms with Crippen LogP contribution in [0.5, 0.6) is 0 Å². The lowest BCUT2D eigenvalue weighted by Crippen LogP contribution is -2.46. The second kappa shape index (κ2) is 5.66. The van der Waals surface area contributed by atoms with E-state index in [0.717, 1.165) is 16.4 Å². The minimum atomic E-state index is -3.22. The first-order valence-electron chi connectivity index (χ1n) is 5.52. The van der Waals surface area contributed by atoms with Crippen LogP contribution in [0.2, 0.25) is 0 Å². The van der Waals surface area contributed by atoms with Crippen LogP contribution in [0.15, 0.2) is 0 Å². The molecule has 2 heterocycles. The Morgan fingerprint density at radius 2 is 2.25 bits per heavy atom. The van der Waals surface area contributed by atoms with Gasteiger partial charge < -0.3 is 10.0 Å². The molecule has 10 nitrogen and oxygen atoms in total. The SMILES string of the molecule is O=C(O)CN(C(=O)Nc1nnns1)C1CCS(=O)(=O)C1. The van der Waals surface area contributed by atoms with Crippen LogP contribution in [0.25, 0.3) is 0 Å². The highest BCUT2D eigenvalue weighted by Crippen LogP contribution is 2.19. The van der Waals surface area contributed by atoms with Crippen LogP contribution in [0.1, 0.15) is 6.42 Å². The molecule has 2 rings (SSSR count). The summed E-state index contributed by atoms with van der Waals surface area (Å²) in [6.45, 7) is -0.585. The van der Waals surface area contributed by atoms with Crippen LogP contribution in [0, 0.1) is 0 Å². The summed E-state index contributed by atoms with van der Waals surface area (Å²) in [6.07, 6.45) is 0.220. The molecule has 0 saturated carbocycles. The number of nitrogens with zero attached hydrogens (tertiary/aromatic N) is 4. The number of urea groups is 1. The average molecular weight is 321 g/mol. The number of aliphatic carboxylic acids is 1. The monoisotopic (exact) mass is 321 g/mol. The van der Waals surface area contributed by atoms with Gasteiger partial charge in [-0.05, 0) is 11.6 Å². The van der Waals surface area contributed by atoms with Crippen LogP contribution in [-0.2, 0) is 14.6 Å². The number of carbonyl (C=O) groups excluding carboxylic acids is 1. The number of carboxylic acid groups (broad SMARTS) is 1. The van der Waals surface area contributed by atoms with Gasteiger partial charge in [0.1, 0.15) is 6.54 Å². The van der Waals surface area contributed by atoms with Crippen molar-refractivity contribution < 1.29 is 23.1 Å². The molecule has 1 fully saturated rings. The number of hydrogen-bond donors (Lipinski definition) is 2. The molecule has 2 amide bonds. The third-order valence-electron chi connectivity index (χ3n) is 2.73. The van der Waals surface area contributed by atoms with Gasteiger partial charge in [-0.25, -0.2) is 13.2 Å². The van der Waals surface area contributed by atoms with Crippen LogP contribution < -0.4 is 5.32 Å². The molecule has 12 heteroatoms. The number of carbonyl (C=O) groups is 2. The molecule has 1 atom stereocenters. The predicted molar refractivity (Wildman–Crippen MR) is 68.1 cm³/mol. The first kappa shape index (κ1) is 14.6. The van der Waals surface area contributed by atoms with E-state index in [1.165, 1.54) is 0 Å². The highest BCUT2D eigenvalue weighted by Gasteiger charge is 2.35. The number of nitrogens with one attached hydrogen (secondary N) is 1. The van der Waals surface area contributed by atoms with Gasteiger partial charge >= 0.3 is 12.0 Å². The molecule has 0 bridgehead atoms. The standard InChI is InChI=1S/C8H11N5O5S2/c14-6(15)3-13(5-1-2-20(17,18)4-5)8(16)9-7-10-11-12-19-7/h5H,1-4H2,(H,14,15)(H,9,10,12,16). The predicted octanol–water partition coefficient (Wildman–Crippen LogP) is -0.961. The van der Waals surface area contributed by atoms with E-state index in [2.05, 4.69) is 20.1 Å². The maximum atomic E-state index is 12.0. The smallest absolute Gasteiger partial charge is 0.324 e. The fourth-order valence-electron chi connectivity index (χ4n) is 1.88. The molecule has 1 aliphatic heterocycles. The number of aromatic nitrogens is 3. The number of anilines is 1. The average Bonchev–Trinajstić information content (AvgIpc) is 2.95. The largest absolute Gasteiger partial charge is 0.480 e. The highest BCUT2D eigenvalue weighted by atomic mass is 32.2. The molecule has 1 aromatic heterocycles. The van der Waals surface area contributed by atoms with Gasteiger partial charge in [-0.1, -0.05) is 9.59 Å². The molecule has 110 valence electrons. The summed E-state index contributed by atoms with van der Waals surface area (Å²) in [5.74, 6) is -1.51. The summed E-state index contributed by atoms with van der Waals surface area (Å²) in [7, 11) is -3.22. The summed E-state index contributed by atoms with van der Waals surface area (Å²) < 4.78 is 26.3. The van der Waals surface area contributed by atoms with Gasteiger partial charge in [0.2, 0.25) is 5.13 Å². The fourth-order valence-corrected chi connectivity index (χ4v) is 3.97. The van der Waals surface area contributed by atoms with Crippen molar-refractivity contribution in [2.24, 2.45) is 0 Å². The van der Waals surface area contributed by atoms with Gasteiger partial charge in [0.05, 0.1) is 11.5 Å². The lowest BCUT2D eigenvalue weighted by Gasteiger charge is -2.25. The summed E-state index contributed by atoms with van der Waals surface area (Å²) in [5.41, 5.74) is 0. The zero-order chi connectivity index (χ0) is 14.8. The molecule has 1 aliphatic rings. The Balaban J connectivity index is 2.11. The maximum absolute atomic E-state index is 12.0. The Labute approximate surface area is 117 Å². The second-order valence-electron chi connectivity index (χ2n) is 4.18. The van der Waals surface area contributed by atoms with Crippen molar-refractivity contribution in [3.05, 3.63) is 0 Å². The lowest BCUT2D eigenvalue weighted by atomic mass is 10.2. The summed E-state index contributed by atoms with van der Waals surface area (Å²) >= 11 is 0.833. The van der Waals surface area contributed by atoms with Crippen LogP contribution in [-0.4, -0.2) is 69.3 Å². The summed E-state index contributed by atoms with van der Waals surface area (Å²) in [4.78, 5) is 23.8. The number of rotatable bonds is 4. The summed E-state index contributed by atoms with van der Waals surface area (Å²) in [5, 5.41) is 18.1. The minimum absolute atomic E-state index is 0.0541. The van der Waals surface area contributed by atoms with E-state index < -0.39 is 34.4 Å². The van der Waals surface area contributed by atoms with Gasteiger partial charge in [-0.15, -0.1) is 0 Å². The zero-order valence-corrected chi connectivity index (χ0v) is 11.7. The van der Waals surface area contributed by atoms with Gasteiger partial charge in [0.15, 0.2) is 9.84 Å². The van der Waals surface area contributed by atoms with Crippen LogP contribution in [0.4, 0.5) is 9.93 Å². The third-order valence-corrected chi connectivity index (χ3v) is 4.99. The quantitative estimate of drug-likeness (QED) is 0.721. The second-order valence-corrected chi connectivity index (χ2v) is 7.14. The molecule has 0 aliphatic carbocycles. The molecular weight excluding hydrogens is 310 g/mol. The Kier molecular flexibility index (Phi) is 4.13.